The number of amides is 1. The molecule has 4 rings (SSSR count). The van der Waals surface area contributed by atoms with Crippen LogP contribution in [0.15, 0.2) is 29.6 Å². The van der Waals surface area contributed by atoms with Crippen LogP contribution >= 0.6 is 11.3 Å². The summed E-state index contributed by atoms with van der Waals surface area (Å²) in [6, 6.07) is 6.77. The molecular formula is C18H19N5O2S. The normalized spacial score (nSPS) is 17.2. The van der Waals surface area contributed by atoms with Crippen LogP contribution in [0.5, 0.6) is 5.75 Å². The van der Waals surface area contributed by atoms with E-state index in [9.17, 15) is 9.90 Å². The number of benzene rings is 1. The molecule has 0 aliphatic carbocycles. The molecule has 0 radical (unpaired) electrons. The van der Waals surface area contributed by atoms with E-state index in [1.807, 2.05) is 30.0 Å². The van der Waals surface area contributed by atoms with Crippen LogP contribution in [0.4, 0.5) is 5.69 Å². The van der Waals surface area contributed by atoms with Gasteiger partial charge >= 0.3 is 0 Å². The number of anilines is 1. The highest BCUT2D eigenvalue weighted by Gasteiger charge is 2.35. The maximum absolute atomic E-state index is 12.5. The van der Waals surface area contributed by atoms with E-state index in [-0.39, 0.29) is 17.6 Å². The average molecular weight is 369 g/mol. The molecule has 1 fully saturated rings. The quantitative estimate of drug-likeness (QED) is 0.764. The number of hydrogen-bond donors (Lipinski definition) is 1. The minimum atomic E-state index is -0.0363. The van der Waals surface area contributed by atoms with Crippen molar-refractivity contribution in [2.24, 2.45) is 0 Å². The van der Waals surface area contributed by atoms with Crippen molar-refractivity contribution in [3.63, 3.8) is 0 Å². The fourth-order valence-electron chi connectivity index (χ4n) is 3.25. The number of aromatic hydroxyl groups is 1. The molecule has 0 saturated carbocycles. The first kappa shape index (κ1) is 16.7. The summed E-state index contributed by atoms with van der Waals surface area (Å²) in [7, 11) is 0. The highest BCUT2D eigenvalue weighted by Crippen LogP contribution is 2.33. The minimum absolute atomic E-state index is 0.0253. The Bertz CT molecular complexity index is 964. The number of aryl methyl sites for hydroxylation is 2. The first-order valence-corrected chi connectivity index (χ1v) is 9.39. The van der Waals surface area contributed by atoms with Gasteiger partial charge in [0.2, 0.25) is 11.7 Å². The van der Waals surface area contributed by atoms with Gasteiger partial charge in [-0.15, -0.1) is 16.4 Å². The molecule has 1 amide bonds. The van der Waals surface area contributed by atoms with Crippen molar-refractivity contribution in [3.05, 3.63) is 40.5 Å². The zero-order valence-electron chi connectivity index (χ0n) is 14.6. The predicted molar refractivity (Wildman–Crippen MR) is 99.4 cm³/mol. The summed E-state index contributed by atoms with van der Waals surface area (Å²) in [5.41, 5.74) is 1.48. The first-order valence-electron chi connectivity index (χ1n) is 8.51. The van der Waals surface area contributed by atoms with Crippen molar-refractivity contribution in [3.8, 4) is 17.3 Å². The van der Waals surface area contributed by atoms with Gasteiger partial charge in [0.05, 0.1) is 5.01 Å². The first-order chi connectivity index (χ1) is 12.5. The Morgan fingerprint density at radius 3 is 2.88 bits per heavy atom. The van der Waals surface area contributed by atoms with Crippen molar-refractivity contribution < 1.29 is 9.90 Å². The second kappa shape index (κ2) is 6.53. The number of phenolic OH excluding ortho intramolecular Hbond substituents is 1. The summed E-state index contributed by atoms with van der Waals surface area (Å²) in [4.78, 5) is 23.4. The third-order valence-corrected chi connectivity index (χ3v) is 5.25. The van der Waals surface area contributed by atoms with E-state index in [0.717, 1.165) is 16.5 Å². The lowest BCUT2D eigenvalue weighted by atomic mass is 10.1. The van der Waals surface area contributed by atoms with E-state index in [4.69, 9.17) is 4.98 Å². The van der Waals surface area contributed by atoms with Crippen LogP contribution in [0.3, 0.4) is 0 Å². The number of aromatic nitrogens is 4. The number of phenols is 1. The molecule has 134 valence electrons. The highest BCUT2D eigenvalue weighted by molar-refractivity contribution is 7.09. The maximum Gasteiger partial charge on any atom is 0.227 e. The van der Waals surface area contributed by atoms with Crippen molar-refractivity contribution in [2.75, 3.05) is 11.4 Å². The van der Waals surface area contributed by atoms with Gasteiger partial charge in [-0.3, -0.25) is 4.79 Å². The van der Waals surface area contributed by atoms with Crippen molar-refractivity contribution in [1.82, 2.24) is 19.7 Å². The van der Waals surface area contributed by atoms with E-state index >= 15 is 0 Å². The number of thiazole rings is 1. The van der Waals surface area contributed by atoms with E-state index in [1.165, 1.54) is 0 Å². The van der Waals surface area contributed by atoms with Crippen LogP contribution in [0.2, 0.25) is 0 Å². The number of carbonyl (C=O) groups excluding carboxylic acids is 1. The Morgan fingerprint density at radius 1 is 1.35 bits per heavy atom. The van der Waals surface area contributed by atoms with Crippen LogP contribution in [-0.4, -0.2) is 37.3 Å². The van der Waals surface area contributed by atoms with E-state index < -0.39 is 0 Å². The lowest BCUT2D eigenvalue weighted by Crippen LogP contribution is -2.24. The molecule has 7 nitrogen and oxygen atoms in total. The second-order valence-electron chi connectivity index (χ2n) is 6.29. The monoisotopic (exact) mass is 369 g/mol. The molecule has 1 aliphatic rings. The summed E-state index contributed by atoms with van der Waals surface area (Å²) in [6.45, 7) is 5.17. The largest absolute Gasteiger partial charge is 0.508 e. The van der Waals surface area contributed by atoms with Gasteiger partial charge in [0, 0.05) is 42.6 Å². The molecule has 1 saturated heterocycles. The summed E-state index contributed by atoms with van der Waals surface area (Å²) < 4.78 is 1.86. The van der Waals surface area contributed by atoms with Crippen LogP contribution in [0.1, 0.15) is 30.1 Å². The standard InChI is InChI=1S/C18H19N5O2S/c1-3-23-18(20-17(21-23)15-10-26-11(2)19-15)12-7-16(25)22(9-12)13-5-4-6-14(24)8-13/h4-6,8,10,12,24H,3,7,9H2,1-2H3. The third kappa shape index (κ3) is 2.96. The lowest BCUT2D eigenvalue weighted by molar-refractivity contribution is -0.117. The minimum Gasteiger partial charge on any atom is -0.508 e. The maximum atomic E-state index is 12.5. The van der Waals surface area contributed by atoms with Gasteiger partial charge in [0.25, 0.3) is 0 Å². The Morgan fingerprint density at radius 2 is 2.19 bits per heavy atom. The molecular weight excluding hydrogens is 350 g/mol. The zero-order valence-corrected chi connectivity index (χ0v) is 15.4. The SMILES string of the molecule is CCn1nc(-c2csc(C)n2)nc1C1CC(=O)N(c2cccc(O)c2)C1. The summed E-state index contributed by atoms with van der Waals surface area (Å²) >= 11 is 1.57. The number of carbonyl (C=O) groups is 1. The van der Waals surface area contributed by atoms with Gasteiger partial charge in [-0.05, 0) is 26.0 Å². The highest BCUT2D eigenvalue weighted by atomic mass is 32.1. The van der Waals surface area contributed by atoms with Gasteiger partial charge in [0.15, 0.2) is 0 Å². The molecule has 3 heterocycles. The Balaban J connectivity index is 1.64. The van der Waals surface area contributed by atoms with Crippen LogP contribution < -0.4 is 4.90 Å². The van der Waals surface area contributed by atoms with E-state index in [2.05, 4.69) is 10.1 Å². The van der Waals surface area contributed by atoms with Crippen LogP contribution in [0.25, 0.3) is 11.5 Å². The van der Waals surface area contributed by atoms with Crippen molar-refractivity contribution in [1.29, 1.82) is 0 Å². The molecule has 8 heteroatoms. The Labute approximate surface area is 154 Å². The fourth-order valence-corrected chi connectivity index (χ4v) is 3.85. The number of rotatable bonds is 4. The molecule has 3 aromatic rings. The summed E-state index contributed by atoms with van der Waals surface area (Å²) in [5, 5.41) is 17.2. The van der Waals surface area contributed by atoms with Gasteiger partial charge in [-0.25, -0.2) is 14.6 Å². The van der Waals surface area contributed by atoms with Crippen molar-refractivity contribution in [2.45, 2.75) is 32.7 Å². The second-order valence-corrected chi connectivity index (χ2v) is 7.35. The average Bonchev–Trinajstić information content (AvgIpc) is 3.32. The van der Waals surface area contributed by atoms with Crippen LogP contribution in [0, 0.1) is 6.92 Å². The summed E-state index contributed by atoms with van der Waals surface area (Å²) in [6.07, 6.45) is 0.379. The molecule has 26 heavy (non-hydrogen) atoms. The smallest absolute Gasteiger partial charge is 0.227 e. The molecule has 1 aliphatic heterocycles. The Kier molecular flexibility index (Phi) is 4.20. The number of nitrogens with zero attached hydrogens (tertiary/aromatic N) is 5. The molecule has 1 atom stereocenters. The topological polar surface area (TPSA) is 84.1 Å². The van der Waals surface area contributed by atoms with Crippen LogP contribution in [-0.2, 0) is 11.3 Å². The zero-order chi connectivity index (χ0) is 18.3. The van der Waals surface area contributed by atoms with Crippen molar-refractivity contribution >= 4 is 22.9 Å². The van der Waals surface area contributed by atoms with Gasteiger partial charge < -0.3 is 10.0 Å². The van der Waals surface area contributed by atoms with E-state index in [0.29, 0.717) is 31.0 Å². The fraction of sp³-hybridized carbons (Fsp3) is 0.333. The van der Waals surface area contributed by atoms with Gasteiger partial charge in [0.1, 0.15) is 17.3 Å². The van der Waals surface area contributed by atoms with Gasteiger partial charge in [-0.1, -0.05) is 6.07 Å². The molecule has 2 aromatic heterocycles. The predicted octanol–water partition coefficient (Wildman–Crippen LogP) is 2.96. The van der Waals surface area contributed by atoms with E-state index in [1.54, 1.807) is 34.4 Å². The molecule has 0 bridgehead atoms. The lowest BCUT2D eigenvalue weighted by Gasteiger charge is -2.16. The molecule has 1 aromatic carbocycles. The molecule has 1 N–H and O–H groups in total. The molecule has 1 unspecified atom stereocenters. The summed E-state index contributed by atoms with van der Waals surface area (Å²) in [5.74, 6) is 1.55. The van der Waals surface area contributed by atoms with Gasteiger partial charge in [-0.2, -0.15) is 0 Å². The number of hydrogen-bond acceptors (Lipinski definition) is 6. The molecule has 0 spiro atoms. The Hall–Kier alpha value is -2.74. The third-order valence-electron chi connectivity index (χ3n) is 4.48.